The number of ether oxygens (including phenoxy) is 1. The van der Waals surface area contributed by atoms with Crippen molar-refractivity contribution in [1.82, 2.24) is 25.1 Å². The molecule has 3 aromatic rings. The summed E-state index contributed by atoms with van der Waals surface area (Å²) >= 11 is 0. The number of hydrogen-bond donors (Lipinski definition) is 1. The zero-order chi connectivity index (χ0) is 17.2. The van der Waals surface area contributed by atoms with Crippen LogP contribution in [0, 0.1) is 6.92 Å². The summed E-state index contributed by atoms with van der Waals surface area (Å²) in [6.45, 7) is 7.43. The summed E-state index contributed by atoms with van der Waals surface area (Å²) < 4.78 is 6.32. The minimum absolute atomic E-state index is 0.193. The van der Waals surface area contributed by atoms with Crippen molar-refractivity contribution in [2.75, 3.05) is 19.6 Å². The van der Waals surface area contributed by atoms with Crippen molar-refractivity contribution >= 4 is 11.0 Å². The van der Waals surface area contributed by atoms with Gasteiger partial charge in [0.25, 0.3) is 0 Å². The number of nitrogens with one attached hydrogen (secondary N) is 1. The molecule has 0 saturated carbocycles. The molecular weight excluding hydrogens is 314 g/mol. The molecule has 0 amide bonds. The third-order valence-electron chi connectivity index (χ3n) is 4.85. The molecule has 1 saturated heterocycles. The fourth-order valence-corrected chi connectivity index (χ4v) is 3.33. The number of H-pyrrole nitrogens is 1. The third-order valence-corrected chi connectivity index (χ3v) is 4.85. The number of aromatic nitrogens is 4. The van der Waals surface area contributed by atoms with Gasteiger partial charge in [0.15, 0.2) is 11.5 Å². The van der Waals surface area contributed by atoms with Crippen molar-refractivity contribution in [2.24, 2.45) is 0 Å². The average Bonchev–Trinajstić information content (AvgIpc) is 3.04. The Labute approximate surface area is 147 Å². The van der Waals surface area contributed by atoms with Crippen LogP contribution in [-0.4, -0.2) is 50.8 Å². The highest BCUT2D eigenvalue weighted by Gasteiger charge is 2.23. The molecule has 4 rings (SSSR count). The molecule has 25 heavy (non-hydrogen) atoms. The molecule has 130 valence electrons. The van der Waals surface area contributed by atoms with E-state index in [0.29, 0.717) is 17.4 Å². The van der Waals surface area contributed by atoms with Crippen LogP contribution in [0.4, 0.5) is 0 Å². The van der Waals surface area contributed by atoms with E-state index >= 15 is 0 Å². The number of hydrogen-bond acceptors (Lipinski definition) is 5. The largest absolute Gasteiger partial charge is 0.474 e. The highest BCUT2D eigenvalue weighted by Crippen LogP contribution is 2.29. The Morgan fingerprint density at radius 2 is 1.92 bits per heavy atom. The SMILES string of the molecule is CCN1CCC(Oc2nc(-c3ccccc3)nc3n[nH]c(C)c23)CC1. The van der Waals surface area contributed by atoms with Gasteiger partial charge in [0.2, 0.25) is 5.88 Å². The Morgan fingerprint density at radius 1 is 1.16 bits per heavy atom. The maximum absolute atomic E-state index is 6.32. The summed E-state index contributed by atoms with van der Waals surface area (Å²) in [7, 11) is 0. The number of aromatic amines is 1. The van der Waals surface area contributed by atoms with Crippen LogP contribution in [0.1, 0.15) is 25.5 Å². The Bertz CT molecular complexity index is 853. The van der Waals surface area contributed by atoms with Gasteiger partial charge in [0.05, 0.1) is 0 Å². The van der Waals surface area contributed by atoms with E-state index in [1.165, 1.54) is 0 Å². The van der Waals surface area contributed by atoms with E-state index < -0.39 is 0 Å². The molecule has 3 heterocycles. The molecular formula is C19H23N5O. The standard InChI is InChI=1S/C19H23N5O/c1-3-24-11-9-15(10-12-24)25-19-16-13(2)22-23-18(16)20-17(21-19)14-7-5-4-6-8-14/h4-8,15H,3,9-12H2,1-2H3,(H,20,21,22,23). The van der Waals surface area contributed by atoms with E-state index in [4.69, 9.17) is 9.72 Å². The van der Waals surface area contributed by atoms with Gasteiger partial charge in [0, 0.05) is 24.3 Å². The molecule has 0 atom stereocenters. The summed E-state index contributed by atoms with van der Waals surface area (Å²) in [6, 6.07) is 9.97. The minimum atomic E-state index is 0.193. The molecule has 0 unspecified atom stereocenters. The van der Waals surface area contributed by atoms with Crippen LogP contribution in [0.2, 0.25) is 0 Å². The lowest BCUT2D eigenvalue weighted by Crippen LogP contribution is -2.38. The second-order valence-electron chi connectivity index (χ2n) is 6.52. The van der Waals surface area contributed by atoms with Crippen molar-refractivity contribution in [3.05, 3.63) is 36.0 Å². The Balaban J connectivity index is 1.68. The second-order valence-corrected chi connectivity index (χ2v) is 6.52. The van der Waals surface area contributed by atoms with Gasteiger partial charge in [-0.25, -0.2) is 4.98 Å². The fourth-order valence-electron chi connectivity index (χ4n) is 3.33. The lowest BCUT2D eigenvalue weighted by atomic mass is 10.1. The van der Waals surface area contributed by atoms with E-state index in [1.807, 2.05) is 37.3 Å². The van der Waals surface area contributed by atoms with Crippen LogP contribution in [0.3, 0.4) is 0 Å². The second kappa shape index (κ2) is 6.80. The van der Waals surface area contributed by atoms with Gasteiger partial charge in [-0.1, -0.05) is 37.3 Å². The Kier molecular flexibility index (Phi) is 4.36. The van der Waals surface area contributed by atoms with Crippen molar-refractivity contribution in [3.63, 3.8) is 0 Å². The van der Waals surface area contributed by atoms with Crippen LogP contribution < -0.4 is 4.74 Å². The summed E-state index contributed by atoms with van der Waals surface area (Å²) in [6.07, 6.45) is 2.24. The number of aryl methyl sites for hydroxylation is 1. The molecule has 0 radical (unpaired) electrons. The van der Waals surface area contributed by atoms with Gasteiger partial charge in [0.1, 0.15) is 11.5 Å². The fraction of sp³-hybridized carbons (Fsp3) is 0.421. The number of benzene rings is 1. The van der Waals surface area contributed by atoms with E-state index in [9.17, 15) is 0 Å². The normalized spacial score (nSPS) is 16.4. The topological polar surface area (TPSA) is 66.9 Å². The molecule has 1 aliphatic heterocycles. The number of piperidine rings is 1. The summed E-state index contributed by atoms with van der Waals surface area (Å²) in [5.74, 6) is 1.30. The highest BCUT2D eigenvalue weighted by atomic mass is 16.5. The van der Waals surface area contributed by atoms with Gasteiger partial charge in [-0.05, 0) is 26.3 Å². The Hall–Kier alpha value is -2.47. The quantitative estimate of drug-likeness (QED) is 0.792. The predicted octanol–water partition coefficient (Wildman–Crippen LogP) is 3.19. The van der Waals surface area contributed by atoms with E-state index in [1.54, 1.807) is 0 Å². The summed E-state index contributed by atoms with van der Waals surface area (Å²) in [5, 5.41) is 8.21. The maximum atomic E-state index is 6.32. The summed E-state index contributed by atoms with van der Waals surface area (Å²) in [5.41, 5.74) is 2.57. The molecule has 0 spiro atoms. The average molecular weight is 337 g/mol. The zero-order valence-corrected chi connectivity index (χ0v) is 14.7. The minimum Gasteiger partial charge on any atom is -0.474 e. The third kappa shape index (κ3) is 3.22. The number of nitrogens with zero attached hydrogens (tertiary/aromatic N) is 4. The van der Waals surface area contributed by atoms with E-state index in [2.05, 4.69) is 27.0 Å². The van der Waals surface area contributed by atoms with Gasteiger partial charge < -0.3 is 9.64 Å². The molecule has 6 heteroatoms. The van der Waals surface area contributed by atoms with Crippen LogP contribution in [0.25, 0.3) is 22.4 Å². The van der Waals surface area contributed by atoms with Gasteiger partial charge in [-0.15, -0.1) is 0 Å². The first-order valence-corrected chi connectivity index (χ1v) is 8.91. The molecule has 6 nitrogen and oxygen atoms in total. The molecule has 0 aliphatic carbocycles. The first-order valence-electron chi connectivity index (χ1n) is 8.91. The van der Waals surface area contributed by atoms with Crippen LogP contribution in [-0.2, 0) is 0 Å². The predicted molar refractivity (Wildman–Crippen MR) is 97.6 cm³/mol. The van der Waals surface area contributed by atoms with Crippen LogP contribution in [0.5, 0.6) is 5.88 Å². The lowest BCUT2D eigenvalue weighted by Gasteiger charge is -2.31. The first kappa shape index (κ1) is 16.0. The van der Waals surface area contributed by atoms with Gasteiger partial charge in [-0.2, -0.15) is 10.1 Å². The molecule has 0 bridgehead atoms. The molecule has 1 aromatic carbocycles. The first-order chi connectivity index (χ1) is 12.2. The maximum Gasteiger partial charge on any atom is 0.228 e. The molecule has 2 aromatic heterocycles. The van der Waals surface area contributed by atoms with Crippen molar-refractivity contribution in [3.8, 4) is 17.3 Å². The van der Waals surface area contributed by atoms with Crippen molar-refractivity contribution in [2.45, 2.75) is 32.8 Å². The van der Waals surface area contributed by atoms with Crippen LogP contribution >= 0.6 is 0 Å². The zero-order valence-electron chi connectivity index (χ0n) is 14.7. The number of fused-ring (bicyclic) bond motifs is 1. The van der Waals surface area contributed by atoms with E-state index in [0.717, 1.165) is 49.1 Å². The van der Waals surface area contributed by atoms with E-state index in [-0.39, 0.29) is 6.10 Å². The van der Waals surface area contributed by atoms with Gasteiger partial charge >= 0.3 is 0 Å². The van der Waals surface area contributed by atoms with Crippen molar-refractivity contribution in [1.29, 1.82) is 0 Å². The monoisotopic (exact) mass is 337 g/mol. The Morgan fingerprint density at radius 3 is 2.64 bits per heavy atom. The highest BCUT2D eigenvalue weighted by molar-refractivity contribution is 5.84. The molecule has 1 aliphatic rings. The molecule has 1 N–H and O–H groups in total. The smallest absolute Gasteiger partial charge is 0.228 e. The van der Waals surface area contributed by atoms with Gasteiger partial charge in [-0.3, -0.25) is 5.10 Å². The number of rotatable bonds is 4. The molecule has 1 fully saturated rings. The van der Waals surface area contributed by atoms with Crippen molar-refractivity contribution < 1.29 is 4.74 Å². The summed E-state index contributed by atoms with van der Waals surface area (Å²) in [4.78, 5) is 11.8. The van der Waals surface area contributed by atoms with Crippen LogP contribution in [0.15, 0.2) is 30.3 Å². The number of likely N-dealkylation sites (tertiary alicyclic amines) is 1. The lowest BCUT2D eigenvalue weighted by molar-refractivity contribution is 0.101.